The van der Waals surface area contributed by atoms with Crippen molar-refractivity contribution >= 4 is 23.5 Å². The van der Waals surface area contributed by atoms with Crippen molar-refractivity contribution in [3.63, 3.8) is 0 Å². The second kappa shape index (κ2) is 11.0. The molecule has 0 spiro atoms. The number of rotatable bonds is 9. The van der Waals surface area contributed by atoms with Crippen molar-refractivity contribution in [1.82, 2.24) is 0 Å². The minimum absolute atomic E-state index is 0.00560. The van der Waals surface area contributed by atoms with Crippen molar-refractivity contribution in [3.8, 4) is 22.3 Å². The number of carbonyl (C=O) groups is 4. The summed E-state index contributed by atoms with van der Waals surface area (Å²) in [6.07, 6.45) is -0.431. The van der Waals surface area contributed by atoms with Crippen LogP contribution >= 0.6 is 0 Å². The molecule has 0 bridgehead atoms. The van der Waals surface area contributed by atoms with E-state index in [0.29, 0.717) is 0 Å². The van der Waals surface area contributed by atoms with E-state index in [1.165, 1.54) is 6.92 Å². The first kappa shape index (κ1) is 26.4. The van der Waals surface area contributed by atoms with E-state index >= 15 is 0 Å². The van der Waals surface area contributed by atoms with Gasteiger partial charge in [-0.1, -0.05) is 104 Å². The Morgan fingerprint density at radius 3 is 1.29 bits per heavy atom. The fraction of sp³-hybridized carbons (Fsp3) is 0.200. The molecule has 0 aliphatic heterocycles. The molecule has 6 rings (SSSR count). The number of hydrogen-bond donors (Lipinski definition) is 0. The highest BCUT2D eigenvalue weighted by Gasteiger charge is 2.33. The summed E-state index contributed by atoms with van der Waals surface area (Å²) in [5.74, 6) is -5.10. The molecule has 0 heterocycles. The number of Topliss-reactive ketones (excluding diaryl/α,β-unsaturated/α-hetero) is 2. The summed E-state index contributed by atoms with van der Waals surface area (Å²) in [7, 11) is 0. The van der Waals surface area contributed by atoms with E-state index in [1.807, 2.05) is 97.1 Å². The van der Waals surface area contributed by atoms with Crippen LogP contribution < -0.4 is 0 Å². The molecule has 6 heteroatoms. The maximum absolute atomic E-state index is 12.8. The summed E-state index contributed by atoms with van der Waals surface area (Å²) < 4.78 is 10.8. The number of ether oxygens (including phenoxy) is 2. The zero-order valence-corrected chi connectivity index (χ0v) is 22.5. The quantitative estimate of drug-likeness (QED) is 0.194. The number of fused-ring (bicyclic) bond motifs is 6. The highest BCUT2D eigenvalue weighted by atomic mass is 16.5. The lowest BCUT2D eigenvalue weighted by Crippen LogP contribution is -2.30. The third-order valence-electron chi connectivity index (χ3n) is 8.06. The first-order valence-electron chi connectivity index (χ1n) is 13.7. The molecule has 4 aromatic rings. The molecule has 0 aromatic heterocycles. The van der Waals surface area contributed by atoms with E-state index < -0.39 is 35.8 Å². The third kappa shape index (κ3) is 4.86. The highest BCUT2D eigenvalue weighted by molar-refractivity contribution is 6.38. The second-order valence-electron chi connectivity index (χ2n) is 10.5. The summed E-state index contributed by atoms with van der Waals surface area (Å²) in [4.78, 5) is 50.6. The molecular formula is C35H28O6. The van der Waals surface area contributed by atoms with Gasteiger partial charge < -0.3 is 9.47 Å². The minimum atomic E-state index is -1.02. The van der Waals surface area contributed by atoms with Gasteiger partial charge in [0.25, 0.3) is 0 Å². The summed E-state index contributed by atoms with van der Waals surface area (Å²) in [5.41, 5.74) is 8.46. The molecule has 0 saturated carbocycles. The summed E-state index contributed by atoms with van der Waals surface area (Å²) in [6.45, 7) is 1.46. The molecule has 1 atom stereocenters. The Labute approximate surface area is 237 Å². The summed E-state index contributed by atoms with van der Waals surface area (Å²) in [5, 5.41) is 0. The number of carbonyl (C=O) groups excluding carboxylic acids is 4. The molecule has 2 aliphatic carbocycles. The largest absolute Gasteiger partial charge is 0.459 e. The highest BCUT2D eigenvalue weighted by Crippen LogP contribution is 2.45. The zero-order valence-electron chi connectivity index (χ0n) is 22.5. The normalized spacial score (nSPS) is 13.9. The van der Waals surface area contributed by atoms with E-state index in [1.54, 1.807) is 0 Å². The fourth-order valence-electron chi connectivity index (χ4n) is 6.00. The monoisotopic (exact) mass is 544 g/mol. The molecule has 0 radical (unpaired) electrons. The van der Waals surface area contributed by atoms with E-state index in [9.17, 15) is 19.2 Å². The lowest BCUT2D eigenvalue weighted by molar-refractivity contribution is -0.158. The van der Waals surface area contributed by atoms with Crippen LogP contribution in [0.15, 0.2) is 97.1 Å². The molecule has 2 aliphatic rings. The van der Waals surface area contributed by atoms with Crippen LogP contribution in [0.2, 0.25) is 0 Å². The van der Waals surface area contributed by atoms with E-state index in [4.69, 9.17) is 9.47 Å². The summed E-state index contributed by atoms with van der Waals surface area (Å²) in [6, 6.07) is 31.6. The molecule has 204 valence electrons. The molecule has 0 saturated heterocycles. The standard InChI is InChI=1S/C35H28O6/c1-21(33(37)35(39)41-20-31-28-16-8-4-12-24(28)25-13-5-9-17-29(25)31)18-32(36)34(38)40-19-30-26-14-6-2-10-22(26)23-11-3-7-15-27(23)30/h2-17,21,30-31H,18-20H2,1H3. The van der Waals surface area contributed by atoms with Crippen LogP contribution in [0, 0.1) is 5.92 Å². The molecule has 0 fully saturated rings. The van der Waals surface area contributed by atoms with Crippen LogP contribution in [0.4, 0.5) is 0 Å². The van der Waals surface area contributed by atoms with Gasteiger partial charge in [-0.15, -0.1) is 0 Å². The van der Waals surface area contributed by atoms with Crippen LogP contribution in [0.5, 0.6) is 0 Å². The van der Waals surface area contributed by atoms with Crippen LogP contribution in [0.25, 0.3) is 22.3 Å². The molecule has 4 aromatic carbocycles. The molecular weight excluding hydrogens is 516 g/mol. The van der Waals surface area contributed by atoms with Gasteiger partial charge in [-0.3, -0.25) is 9.59 Å². The van der Waals surface area contributed by atoms with Gasteiger partial charge in [-0.05, 0) is 44.5 Å². The average Bonchev–Trinajstić information content (AvgIpc) is 3.50. The van der Waals surface area contributed by atoms with Gasteiger partial charge in [0.1, 0.15) is 13.2 Å². The van der Waals surface area contributed by atoms with Gasteiger partial charge in [0.15, 0.2) is 0 Å². The Morgan fingerprint density at radius 1 is 0.561 bits per heavy atom. The Balaban J connectivity index is 1.04. The predicted octanol–water partition coefficient (Wildman–Crippen LogP) is 5.86. The Kier molecular flexibility index (Phi) is 7.06. The molecule has 6 nitrogen and oxygen atoms in total. The van der Waals surface area contributed by atoms with Crippen LogP contribution in [-0.4, -0.2) is 36.7 Å². The maximum Gasteiger partial charge on any atom is 0.374 e. The van der Waals surface area contributed by atoms with E-state index in [0.717, 1.165) is 44.5 Å². The van der Waals surface area contributed by atoms with Gasteiger partial charge in [-0.25, -0.2) is 9.59 Å². The Bertz CT molecular complexity index is 1590. The van der Waals surface area contributed by atoms with E-state index in [2.05, 4.69) is 0 Å². The van der Waals surface area contributed by atoms with Crippen LogP contribution in [0.3, 0.4) is 0 Å². The van der Waals surface area contributed by atoms with Crippen molar-refractivity contribution in [1.29, 1.82) is 0 Å². The predicted molar refractivity (Wildman–Crippen MR) is 153 cm³/mol. The number of benzene rings is 4. The molecule has 41 heavy (non-hydrogen) atoms. The lowest BCUT2D eigenvalue weighted by atomic mass is 9.97. The number of ketones is 2. The van der Waals surface area contributed by atoms with Crippen molar-refractivity contribution in [2.75, 3.05) is 13.2 Å². The van der Waals surface area contributed by atoms with Gasteiger partial charge >= 0.3 is 11.9 Å². The first-order valence-corrected chi connectivity index (χ1v) is 13.7. The first-order chi connectivity index (χ1) is 19.9. The van der Waals surface area contributed by atoms with Crippen molar-refractivity contribution < 1.29 is 28.7 Å². The van der Waals surface area contributed by atoms with Crippen LogP contribution in [-0.2, 0) is 28.7 Å². The SMILES string of the molecule is CC(CC(=O)C(=O)OCC1c2ccccc2-c2ccccc21)C(=O)C(=O)OCC1c2ccccc2-c2ccccc21. The van der Waals surface area contributed by atoms with Crippen molar-refractivity contribution in [2.45, 2.75) is 25.2 Å². The van der Waals surface area contributed by atoms with Gasteiger partial charge in [0, 0.05) is 24.2 Å². The zero-order chi connectivity index (χ0) is 28.5. The minimum Gasteiger partial charge on any atom is -0.459 e. The Morgan fingerprint density at radius 2 is 0.902 bits per heavy atom. The van der Waals surface area contributed by atoms with Crippen molar-refractivity contribution in [3.05, 3.63) is 119 Å². The average molecular weight is 545 g/mol. The van der Waals surface area contributed by atoms with E-state index in [-0.39, 0.29) is 25.0 Å². The van der Waals surface area contributed by atoms with Gasteiger partial charge in [0.2, 0.25) is 11.6 Å². The molecule has 0 amide bonds. The molecule has 0 N–H and O–H groups in total. The summed E-state index contributed by atoms with van der Waals surface area (Å²) >= 11 is 0. The number of esters is 2. The second-order valence-corrected chi connectivity index (χ2v) is 10.5. The smallest absolute Gasteiger partial charge is 0.374 e. The van der Waals surface area contributed by atoms with Crippen molar-refractivity contribution in [2.24, 2.45) is 5.92 Å². The third-order valence-corrected chi connectivity index (χ3v) is 8.06. The maximum atomic E-state index is 12.8. The van der Waals surface area contributed by atoms with Gasteiger partial charge in [-0.2, -0.15) is 0 Å². The lowest BCUT2D eigenvalue weighted by Gasteiger charge is -2.15. The Hall–Kier alpha value is -4.84. The van der Waals surface area contributed by atoms with Gasteiger partial charge in [0.05, 0.1) is 0 Å². The topological polar surface area (TPSA) is 86.7 Å². The number of hydrogen-bond acceptors (Lipinski definition) is 6. The fourth-order valence-corrected chi connectivity index (χ4v) is 6.00. The molecule has 1 unspecified atom stereocenters. The van der Waals surface area contributed by atoms with Crippen LogP contribution in [0.1, 0.15) is 47.4 Å².